The van der Waals surface area contributed by atoms with Gasteiger partial charge in [-0.15, -0.1) is 11.3 Å². The lowest BCUT2D eigenvalue weighted by Gasteiger charge is -2.33. The highest BCUT2D eigenvalue weighted by Gasteiger charge is 2.28. The smallest absolute Gasteiger partial charge is 0.223 e. The third-order valence-electron chi connectivity index (χ3n) is 3.54. The molecule has 1 aromatic rings. The van der Waals surface area contributed by atoms with Gasteiger partial charge in [0.2, 0.25) is 5.91 Å². The molecule has 0 N–H and O–H groups in total. The predicted octanol–water partition coefficient (Wildman–Crippen LogP) is 3.73. The van der Waals surface area contributed by atoms with Crippen LogP contribution in [-0.2, 0) is 4.79 Å². The molecule has 2 heterocycles. The highest BCUT2D eigenvalue weighted by Crippen LogP contribution is 2.31. The summed E-state index contributed by atoms with van der Waals surface area (Å²) in [5.74, 6) is 0.763. The first-order chi connectivity index (χ1) is 8.63. The van der Waals surface area contributed by atoms with E-state index in [1.54, 1.807) is 11.3 Å². The van der Waals surface area contributed by atoms with Crippen molar-refractivity contribution < 1.29 is 4.79 Å². The Kier molecular flexibility index (Phi) is 4.38. The number of hydrogen-bond donors (Lipinski definition) is 0. The topological polar surface area (TPSA) is 33.2 Å². The summed E-state index contributed by atoms with van der Waals surface area (Å²) in [7, 11) is 0. The number of piperidine rings is 1. The van der Waals surface area contributed by atoms with Crippen molar-refractivity contribution in [1.29, 1.82) is 0 Å². The molecule has 0 aromatic carbocycles. The van der Waals surface area contributed by atoms with Crippen LogP contribution in [-0.4, -0.2) is 22.3 Å². The van der Waals surface area contributed by atoms with E-state index in [4.69, 9.17) is 4.98 Å². The summed E-state index contributed by atoms with van der Waals surface area (Å²) >= 11 is 1.70. The molecular weight excluding hydrogens is 244 g/mol. The van der Waals surface area contributed by atoms with E-state index >= 15 is 0 Å². The lowest BCUT2D eigenvalue weighted by Crippen LogP contribution is -2.38. The molecule has 1 unspecified atom stereocenters. The van der Waals surface area contributed by atoms with Crippen LogP contribution in [0.2, 0.25) is 0 Å². The molecule has 0 spiro atoms. The Morgan fingerprint density at radius 1 is 1.44 bits per heavy atom. The van der Waals surface area contributed by atoms with Gasteiger partial charge in [-0.1, -0.05) is 20.8 Å². The van der Waals surface area contributed by atoms with Crippen LogP contribution in [0.5, 0.6) is 0 Å². The average Bonchev–Trinajstić information content (AvgIpc) is 2.82. The Morgan fingerprint density at radius 3 is 2.78 bits per heavy atom. The summed E-state index contributed by atoms with van der Waals surface area (Å²) in [5, 5.41) is 3.24. The first-order valence-electron chi connectivity index (χ1n) is 6.88. The summed E-state index contributed by atoms with van der Waals surface area (Å²) in [6, 6.07) is 0.190. The van der Waals surface area contributed by atoms with Gasteiger partial charge in [0.25, 0.3) is 0 Å². The summed E-state index contributed by atoms with van der Waals surface area (Å²) in [6.07, 6.45) is 3.83. The van der Waals surface area contributed by atoms with Gasteiger partial charge in [-0.3, -0.25) is 4.79 Å². The zero-order valence-corrected chi connectivity index (χ0v) is 12.3. The van der Waals surface area contributed by atoms with E-state index in [1.807, 2.05) is 4.90 Å². The average molecular weight is 266 g/mol. The lowest BCUT2D eigenvalue weighted by molar-refractivity contribution is -0.136. The van der Waals surface area contributed by atoms with E-state index in [1.165, 1.54) is 0 Å². The third-order valence-corrected chi connectivity index (χ3v) is 4.50. The van der Waals surface area contributed by atoms with Gasteiger partial charge < -0.3 is 4.90 Å². The van der Waals surface area contributed by atoms with Crippen LogP contribution in [0.1, 0.15) is 69.1 Å². The Labute approximate surface area is 113 Å². The monoisotopic (exact) mass is 266 g/mol. The quantitative estimate of drug-likeness (QED) is 0.832. The molecule has 4 heteroatoms. The second-order valence-corrected chi connectivity index (χ2v) is 6.12. The molecule has 1 fully saturated rings. The maximum Gasteiger partial charge on any atom is 0.223 e. The fourth-order valence-corrected chi connectivity index (χ4v) is 3.58. The maximum absolute atomic E-state index is 12.0. The van der Waals surface area contributed by atoms with Crippen molar-refractivity contribution in [3.63, 3.8) is 0 Å². The molecule has 2 rings (SSSR count). The number of carbonyl (C=O) groups is 1. The Morgan fingerprint density at radius 2 is 2.22 bits per heavy atom. The minimum Gasteiger partial charge on any atom is -0.333 e. The van der Waals surface area contributed by atoms with Crippen molar-refractivity contribution >= 4 is 17.2 Å². The summed E-state index contributed by atoms with van der Waals surface area (Å²) in [5.41, 5.74) is 1.15. The molecular formula is C14H22N2OS. The number of rotatable bonds is 4. The van der Waals surface area contributed by atoms with Crippen LogP contribution in [0.15, 0.2) is 5.38 Å². The zero-order chi connectivity index (χ0) is 13.1. The van der Waals surface area contributed by atoms with E-state index in [0.717, 1.165) is 36.5 Å². The molecule has 100 valence electrons. The van der Waals surface area contributed by atoms with Crippen molar-refractivity contribution in [2.24, 2.45) is 0 Å². The Bertz CT molecular complexity index is 414. The summed E-state index contributed by atoms with van der Waals surface area (Å²) in [6.45, 7) is 7.36. The van der Waals surface area contributed by atoms with E-state index in [-0.39, 0.29) is 6.04 Å². The molecule has 1 atom stereocenters. The van der Waals surface area contributed by atoms with Gasteiger partial charge in [0.05, 0.1) is 11.7 Å². The van der Waals surface area contributed by atoms with Crippen LogP contribution in [0, 0.1) is 0 Å². The van der Waals surface area contributed by atoms with Gasteiger partial charge in [0.1, 0.15) is 5.01 Å². The molecule has 1 aliphatic rings. The van der Waals surface area contributed by atoms with Crippen molar-refractivity contribution in [3.05, 3.63) is 16.1 Å². The molecule has 0 bridgehead atoms. The number of nitrogens with zero attached hydrogens (tertiary/aromatic N) is 2. The number of amides is 1. The maximum atomic E-state index is 12.0. The molecule has 1 amide bonds. The molecule has 1 aliphatic heterocycles. The summed E-state index contributed by atoms with van der Waals surface area (Å²) < 4.78 is 0. The van der Waals surface area contributed by atoms with Gasteiger partial charge in [0, 0.05) is 18.3 Å². The van der Waals surface area contributed by atoms with Crippen molar-refractivity contribution in [3.8, 4) is 0 Å². The number of aromatic nitrogens is 1. The third kappa shape index (κ3) is 2.74. The number of thiazole rings is 1. The molecule has 0 saturated carbocycles. The van der Waals surface area contributed by atoms with Gasteiger partial charge in [-0.25, -0.2) is 4.98 Å². The van der Waals surface area contributed by atoms with Crippen LogP contribution < -0.4 is 0 Å². The molecule has 1 saturated heterocycles. The minimum atomic E-state index is 0.190. The largest absolute Gasteiger partial charge is 0.333 e. The standard InChI is InChI=1S/C14H22N2OS/c1-4-12(16-8-6-5-7-13(16)17)14-15-11(9-18-14)10(2)3/h9-10,12H,4-8H2,1-3H3. The predicted molar refractivity (Wildman–Crippen MR) is 74.8 cm³/mol. The van der Waals surface area contributed by atoms with Crippen molar-refractivity contribution in [1.82, 2.24) is 9.88 Å². The molecule has 0 aliphatic carbocycles. The number of likely N-dealkylation sites (tertiary alicyclic amines) is 1. The lowest BCUT2D eigenvalue weighted by atomic mass is 10.1. The SMILES string of the molecule is CCC(c1nc(C(C)C)cs1)N1CCCCC1=O. The van der Waals surface area contributed by atoms with Crippen LogP contribution in [0.25, 0.3) is 0 Å². The number of hydrogen-bond acceptors (Lipinski definition) is 3. The number of carbonyl (C=O) groups excluding carboxylic acids is 1. The van der Waals surface area contributed by atoms with E-state index in [2.05, 4.69) is 26.2 Å². The molecule has 1 aromatic heterocycles. The zero-order valence-electron chi connectivity index (χ0n) is 11.5. The molecule has 3 nitrogen and oxygen atoms in total. The van der Waals surface area contributed by atoms with E-state index in [9.17, 15) is 4.79 Å². The minimum absolute atomic E-state index is 0.190. The Hall–Kier alpha value is -0.900. The van der Waals surface area contributed by atoms with Gasteiger partial charge in [-0.2, -0.15) is 0 Å². The van der Waals surface area contributed by atoms with E-state index < -0.39 is 0 Å². The van der Waals surface area contributed by atoms with E-state index in [0.29, 0.717) is 18.2 Å². The van der Waals surface area contributed by atoms with Gasteiger partial charge in [-0.05, 0) is 25.2 Å². The molecule has 0 radical (unpaired) electrons. The Balaban J connectivity index is 2.18. The van der Waals surface area contributed by atoms with Gasteiger partial charge in [0.15, 0.2) is 0 Å². The fraction of sp³-hybridized carbons (Fsp3) is 0.714. The summed E-state index contributed by atoms with van der Waals surface area (Å²) in [4.78, 5) is 18.8. The van der Waals surface area contributed by atoms with Crippen molar-refractivity contribution in [2.45, 2.75) is 58.4 Å². The second kappa shape index (κ2) is 5.83. The normalized spacial score (nSPS) is 18.4. The van der Waals surface area contributed by atoms with Crippen LogP contribution >= 0.6 is 11.3 Å². The molecule has 18 heavy (non-hydrogen) atoms. The second-order valence-electron chi connectivity index (χ2n) is 5.23. The highest BCUT2D eigenvalue weighted by molar-refractivity contribution is 7.09. The first kappa shape index (κ1) is 13.5. The fourth-order valence-electron chi connectivity index (χ4n) is 2.40. The highest BCUT2D eigenvalue weighted by atomic mass is 32.1. The van der Waals surface area contributed by atoms with Gasteiger partial charge >= 0.3 is 0 Å². The van der Waals surface area contributed by atoms with Crippen LogP contribution in [0.4, 0.5) is 0 Å². The van der Waals surface area contributed by atoms with Crippen molar-refractivity contribution in [2.75, 3.05) is 6.54 Å². The van der Waals surface area contributed by atoms with Crippen LogP contribution in [0.3, 0.4) is 0 Å². The first-order valence-corrected chi connectivity index (χ1v) is 7.76.